The van der Waals surface area contributed by atoms with Crippen molar-refractivity contribution in [2.24, 2.45) is 0 Å². The Labute approximate surface area is 151 Å². The Balaban J connectivity index is 1.68. The summed E-state index contributed by atoms with van der Waals surface area (Å²) in [5.41, 5.74) is 5.29. The SMILES string of the molecule is Cc1ccc(-n2cc(CN(C)C3CCCCC3)c3ccccc32)cc1. The van der Waals surface area contributed by atoms with Gasteiger partial charge in [0.2, 0.25) is 0 Å². The van der Waals surface area contributed by atoms with Crippen LogP contribution in [0.3, 0.4) is 0 Å². The quantitative estimate of drug-likeness (QED) is 0.594. The van der Waals surface area contributed by atoms with E-state index in [4.69, 9.17) is 0 Å². The summed E-state index contributed by atoms with van der Waals surface area (Å²) in [6, 6.07) is 18.4. The van der Waals surface area contributed by atoms with Gasteiger partial charge in [-0.1, -0.05) is 55.2 Å². The van der Waals surface area contributed by atoms with E-state index < -0.39 is 0 Å². The number of hydrogen-bond donors (Lipinski definition) is 0. The molecule has 1 saturated carbocycles. The molecule has 0 aliphatic heterocycles. The molecular weight excluding hydrogens is 304 g/mol. The standard InChI is InChI=1S/C23H28N2/c1-18-12-14-21(15-13-18)25-17-19(22-10-6-7-11-23(22)25)16-24(2)20-8-4-3-5-9-20/h6-7,10-15,17,20H,3-5,8-9,16H2,1-2H3. The van der Waals surface area contributed by atoms with Gasteiger partial charge in [0.15, 0.2) is 0 Å². The summed E-state index contributed by atoms with van der Waals surface area (Å²) in [5.74, 6) is 0. The van der Waals surface area contributed by atoms with E-state index in [9.17, 15) is 0 Å². The number of nitrogens with zero attached hydrogens (tertiary/aromatic N) is 2. The molecule has 0 radical (unpaired) electrons. The largest absolute Gasteiger partial charge is 0.316 e. The molecule has 1 fully saturated rings. The van der Waals surface area contributed by atoms with Crippen LogP contribution in [0, 0.1) is 6.92 Å². The normalized spacial score (nSPS) is 16.0. The number of fused-ring (bicyclic) bond motifs is 1. The number of benzene rings is 2. The molecule has 0 spiro atoms. The van der Waals surface area contributed by atoms with Crippen molar-refractivity contribution in [3.63, 3.8) is 0 Å². The predicted octanol–water partition coefficient (Wildman–Crippen LogP) is 5.70. The second kappa shape index (κ2) is 7.05. The fraction of sp³-hybridized carbons (Fsp3) is 0.391. The molecule has 1 heterocycles. The lowest BCUT2D eigenvalue weighted by Crippen LogP contribution is -2.32. The topological polar surface area (TPSA) is 8.17 Å². The third-order valence-corrected chi connectivity index (χ3v) is 5.72. The van der Waals surface area contributed by atoms with Gasteiger partial charge in [-0.25, -0.2) is 0 Å². The Bertz CT molecular complexity index is 838. The zero-order valence-corrected chi connectivity index (χ0v) is 15.4. The maximum atomic E-state index is 2.57. The minimum absolute atomic E-state index is 0.746. The van der Waals surface area contributed by atoms with Gasteiger partial charge in [0, 0.05) is 29.9 Å². The van der Waals surface area contributed by atoms with Crippen molar-refractivity contribution in [1.29, 1.82) is 0 Å². The van der Waals surface area contributed by atoms with E-state index in [1.165, 1.54) is 59.8 Å². The molecule has 0 bridgehead atoms. The molecule has 2 aromatic carbocycles. The minimum atomic E-state index is 0.746. The van der Waals surface area contributed by atoms with Crippen molar-refractivity contribution in [3.05, 3.63) is 65.9 Å². The molecule has 0 N–H and O–H groups in total. The van der Waals surface area contributed by atoms with Crippen LogP contribution in [0.1, 0.15) is 43.2 Å². The molecule has 130 valence electrons. The highest BCUT2D eigenvalue weighted by atomic mass is 15.1. The smallest absolute Gasteiger partial charge is 0.0531 e. The first kappa shape index (κ1) is 16.4. The Hall–Kier alpha value is -2.06. The highest BCUT2D eigenvalue weighted by molar-refractivity contribution is 5.85. The average Bonchev–Trinajstić information content (AvgIpc) is 3.02. The molecule has 3 aromatic rings. The van der Waals surface area contributed by atoms with Crippen LogP contribution < -0.4 is 0 Å². The van der Waals surface area contributed by atoms with E-state index in [1.54, 1.807) is 0 Å². The second-order valence-electron chi connectivity index (χ2n) is 7.58. The van der Waals surface area contributed by atoms with Gasteiger partial charge in [-0.05, 0) is 50.6 Å². The van der Waals surface area contributed by atoms with E-state index in [0.29, 0.717) is 0 Å². The highest BCUT2D eigenvalue weighted by Crippen LogP contribution is 2.28. The van der Waals surface area contributed by atoms with Gasteiger partial charge >= 0.3 is 0 Å². The molecule has 0 unspecified atom stereocenters. The third kappa shape index (κ3) is 3.36. The van der Waals surface area contributed by atoms with Crippen LogP contribution in [0.2, 0.25) is 0 Å². The lowest BCUT2D eigenvalue weighted by molar-refractivity contribution is 0.185. The van der Waals surface area contributed by atoms with Gasteiger partial charge in [0.25, 0.3) is 0 Å². The number of aromatic nitrogens is 1. The number of hydrogen-bond acceptors (Lipinski definition) is 1. The molecule has 0 amide bonds. The molecule has 1 aliphatic rings. The summed E-state index contributed by atoms with van der Waals surface area (Å²) in [6.07, 6.45) is 9.24. The van der Waals surface area contributed by atoms with E-state index >= 15 is 0 Å². The van der Waals surface area contributed by atoms with Gasteiger partial charge in [-0.2, -0.15) is 0 Å². The molecule has 1 aromatic heterocycles. The van der Waals surface area contributed by atoms with Crippen LogP contribution in [0.4, 0.5) is 0 Å². The van der Waals surface area contributed by atoms with Crippen LogP contribution >= 0.6 is 0 Å². The fourth-order valence-corrected chi connectivity index (χ4v) is 4.21. The molecule has 0 saturated heterocycles. The summed E-state index contributed by atoms with van der Waals surface area (Å²) >= 11 is 0. The lowest BCUT2D eigenvalue weighted by Gasteiger charge is -2.31. The van der Waals surface area contributed by atoms with Gasteiger partial charge in [0.05, 0.1) is 5.52 Å². The Morgan fingerprint density at radius 3 is 2.44 bits per heavy atom. The van der Waals surface area contributed by atoms with Gasteiger partial charge in [-0.15, -0.1) is 0 Å². The van der Waals surface area contributed by atoms with Crippen molar-refractivity contribution in [2.45, 2.75) is 51.6 Å². The van der Waals surface area contributed by atoms with Crippen LogP contribution in [0.5, 0.6) is 0 Å². The molecule has 25 heavy (non-hydrogen) atoms. The first-order valence-corrected chi connectivity index (χ1v) is 9.58. The third-order valence-electron chi connectivity index (χ3n) is 5.72. The molecule has 2 heteroatoms. The van der Waals surface area contributed by atoms with Gasteiger partial charge in [-0.3, -0.25) is 4.90 Å². The zero-order chi connectivity index (χ0) is 17.2. The second-order valence-corrected chi connectivity index (χ2v) is 7.58. The van der Waals surface area contributed by atoms with Crippen molar-refractivity contribution in [2.75, 3.05) is 7.05 Å². The zero-order valence-electron chi connectivity index (χ0n) is 15.4. The maximum absolute atomic E-state index is 2.57. The van der Waals surface area contributed by atoms with Crippen molar-refractivity contribution in [1.82, 2.24) is 9.47 Å². The van der Waals surface area contributed by atoms with Crippen molar-refractivity contribution < 1.29 is 0 Å². The van der Waals surface area contributed by atoms with Crippen molar-refractivity contribution >= 4 is 10.9 Å². The fourth-order valence-electron chi connectivity index (χ4n) is 4.21. The first-order valence-electron chi connectivity index (χ1n) is 9.58. The summed E-state index contributed by atoms with van der Waals surface area (Å²) in [7, 11) is 2.30. The lowest BCUT2D eigenvalue weighted by atomic mass is 9.94. The summed E-state index contributed by atoms with van der Waals surface area (Å²) in [6.45, 7) is 3.17. The Kier molecular flexibility index (Phi) is 4.63. The van der Waals surface area contributed by atoms with Crippen molar-refractivity contribution in [3.8, 4) is 5.69 Å². The summed E-state index contributed by atoms with van der Waals surface area (Å²) in [4.78, 5) is 2.57. The number of rotatable bonds is 4. The van der Waals surface area contributed by atoms with E-state index in [-0.39, 0.29) is 0 Å². The number of aryl methyl sites for hydroxylation is 1. The minimum Gasteiger partial charge on any atom is -0.316 e. The maximum Gasteiger partial charge on any atom is 0.0531 e. The average molecular weight is 332 g/mol. The molecule has 0 atom stereocenters. The predicted molar refractivity (Wildman–Crippen MR) is 106 cm³/mol. The first-order chi connectivity index (χ1) is 12.2. The number of para-hydroxylation sites is 1. The van der Waals surface area contributed by atoms with Crippen LogP contribution in [0.25, 0.3) is 16.6 Å². The van der Waals surface area contributed by atoms with E-state index in [2.05, 4.69) is 78.2 Å². The van der Waals surface area contributed by atoms with E-state index in [0.717, 1.165) is 12.6 Å². The Morgan fingerprint density at radius 1 is 0.960 bits per heavy atom. The monoisotopic (exact) mass is 332 g/mol. The molecular formula is C23H28N2. The van der Waals surface area contributed by atoms with E-state index in [1.807, 2.05) is 0 Å². The Morgan fingerprint density at radius 2 is 1.68 bits per heavy atom. The van der Waals surface area contributed by atoms with Crippen LogP contribution in [-0.2, 0) is 6.54 Å². The van der Waals surface area contributed by atoms with Gasteiger partial charge < -0.3 is 4.57 Å². The van der Waals surface area contributed by atoms with Crippen LogP contribution in [0.15, 0.2) is 54.7 Å². The van der Waals surface area contributed by atoms with Gasteiger partial charge in [0.1, 0.15) is 0 Å². The summed E-state index contributed by atoms with van der Waals surface area (Å²) in [5, 5.41) is 1.38. The molecule has 4 rings (SSSR count). The molecule has 1 aliphatic carbocycles. The highest BCUT2D eigenvalue weighted by Gasteiger charge is 2.19. The molecule has 2 nitrogen and oxygen atoms in total. The van der Waals surface area contributed by atoms with Crippen LogP contribution in [-0.4, -0.2) is 22.6 Å². The summed E-state index contributed by atoms with van der Waals surface area (Å²) < 4.78 is 2.35.